The maximum atomic E-state index is 8.36. The lowest BCUT2D eigenvalue weighted by molar-refractivity contribution is -0.742. The highest BCUT2D eigenvalue weighted by atomic mass is 16.9. The zero-order valence-electron chi connectivity index (χ0n) is 14.4. The topological polar surface area (TPSA) is 131 Å². The van der Waals surface area contributed by atoms with Gasteiger partial charge in [-0.05, 0) is 28.7 Å². The number of guanidine groups is 1. The van der Waals surface area contributed by atoms with Crippen molar-refractivity contribution >= 4 is 5.96 Å². The Morgan fingerprint density at radius 3 is 1.88 bits per heavy atom. The number of nitrogens with two attached hydrogens (primary N) is 2. The first-order chi connectivity index (χ1) is 12.5. The molecule has 0 fully saturated rings. The standard InChI is InChI=1S/C18H22N4.HNO3/c19-18(20)21-9-10-22-12-16-7-3-1-5-14(16)11-15-6-2-4-8-17(15)13-22;2-1(3)4/h1-8H,9-13H2,(H4,19,20,21);(H,2,3,4). The second-order valence-electron chi connectivity index (χ2n) is 5.97. The van der Waals surface area contributed by atoms with Crippen molar-refractivity contribution in [2.24, 2.45) is 16.5 Å². The van der Waals surface area contributed by atoms with E-state index < -0.39 is 5.09 Å². The van der Waals surface area contributed by atoms with E-state index >= 15 is 0 Å². The van der Waals surface area contributed by atoms with Gasteiger partial charge in [-0.25, -0.2) is 0 Å². The van der Waals surface area contributed by atoms with Gasteiger partial charge in [-0.1, -0.05) is 48.5 Å². The van der Waals surface area contributed by atoms with Crippen LogP contribution in [0.15, 0.2) is 53.5 Å². The Hall–Kier alpha value is -3.13. The first-order valence-electron chi connectivity index (χ1n) is 8.20. The molecule has 0 amide bonds. The number of rotatable bonds is 3. The predicted molar refractivity (Wildman–Crippen MR) is 99.3 cm³/mol. The van der Waals surface area contributed by atoms with Crippen LogP contribution < -0.4 is 11.5 Å². The largest absolute Gasteiger partial charge is 0.370 e. The van der Waals surface area contributed by atoms with Crippen LogP contribution in [0.5, 0.6) is 0 Å². The predicted octanol–water partition coefficient (Wildman–Crippen LogP) is 1.52. The van der Waals surface area contributed by atoms with E-state index in [1.165, 1.54) is 22.3 Å². The maximum Gasteiger partial charge on any atom is 0.291 e. The summed E-state index contributed by atoms with van der Waals surface area (Å²) < 4.78 is 0. The molecule has 0 radical (unpaired) electrons. The van der Waals surface area contributed by atoms with E-state index in [1.807, 2.05) is 0 Å². The van der Waals surface area contributed by atoms with Gasteiger partial charge in [-0.2, -0.15) is 0 Å². The quantitative estimate of drug-likeness (QED) is 0.330. The summed E-state index contributed by atoms with van der Waals surface area (Å²) in [6.45, 7) is 3.35. The summed E-state index contributed by atoms with van der Waals surface area (Å²) in [4.78, 5) is 14.9. The zero-order chi connectivity index (χ0) is 18.9. The Morgan fingerprint density at radius 1 is 1.04 bits per heavy atom. The highest BCUT2D eigenvalue weighted by Gasteiger charge is 2.16. The Kier molecular flexibility index (Phi) is 6.92. The molecule has 0 atom stereocenters. The van der Waals surface area contributed by atoms with E-state index in [1.54, 1.807) is 0 Å². The van der Waals surface area contributed by atoms with Gasteiger partial charge in [-0.15, -0.1) is 10.1 Å². The highest BCUT2D eigenvalue weighted by Crippen LogP contribution is 2.23. The third-order valence-electron chi connectivity index (χ3n) is 4.12. The van der Waals surface area contributed by atoms with E-state index in [2.05, 4.69) is 58.4 Å². The van der Waals surface area contributed by atoms with Crippen LogP contribution in [0.3, 0.4) is 0 Å². The molecule has 2 aromatic carbocycles. The van der Waals surface area contributed by atoms with Gasteiger partial charge in [-0.3, -0.25) is 9.89 Å². The summed E-state index contributed by atoms with van der Waals surface area (Å²) in [7, 11) is 0. The Balaban J connectivity index is 0.000000552. The van der Waals surface area contributed by atoms with Crippen LogP contribution in [0, 0.1) is 10.1 Å². The summed E-state index contributed by atoms with van der Waals surface area (Å²) >= 11 is 0. The van der Waals surface area contributed by atoms with Crippen molar-refractivity contribution < 1.29 is 10.3 Å². The summed E-state index contributed by atoms with van der Waals surface area (Å²) in [6.07, 6.45) is 1.01. The van der Waals surface area contributed by atoms with Gasteiger partial charge in [0, 0.05) is 19.6 Å². The average molecular weight is 357 g/mol. The van der Waals surface area contributed by atoms with Gasteiger partial charge in [0.15, 0.2) is 5.96 Å². The van der Waals surface area contributed by atoms with Crippen LogP contribution >= 0.6 is 0 Å². The van der Waals surface area contributed by atoms with Gasteiger partial charge in [0.25, 0.3) is 5.09 Å². The van der Waals surface area contributed by atoms with E-state index in [9.17, 15) is 0 Å². The molecule has 0 unspecified atom stereocenters. The molecule has 8 heteroatoms. The lowest BCUT2D eigenvalue weighted by Crippen LogP contribution is -2.30. The number of aliphatic imine (C=N–C) groups is 1. The molecule has 5 N–H and O–H groups in total. The Morgan fingerprint density at radius 2 is 1.46 bits per heavy atom. The van der Waals surface area contributed by atoms with Gasteiger partial charge < -0.3 is 16.7 Å². The molecule has 2 aromatic rings. The fraction of sp³-hybridized carbons (Fsp3) is 0.278. The van der Waals surface area contributed by atoms with Gasteiger partial charge in [0.2, 0.25) is 0 Å². The number of hydrogen-bond donors (Lipinski definition) is 3. The number of nitrogens with zero attached hydrogens (tertiary/aromatic N) is 3. The molecule has 138 valence electrons. The Labute approximate surface area is 151 Å². The fourth-order valence-corrected chi connectivity index (χ4v) is 2.99. The molecule has 3 rings (SSSR count). The first-order valence-corrected chi connectivity index (χ1v) is 8.20. The zero-order valence-corrected chi connectivity index (χ0v) is 14.4. The van der Waals surface area contributed by atoms with Crippen LogP contribution in [0.1, 0.15) is 22.3 Å². The molecule has 0 aromatic heterocycles. The van der Waals surface area contributed by atoms with Crippen LogP contribution in [-0.2, 0) is 19.5 Å². The number of hydrogen-bond acceptors (Lipinski definition) is 4. The van der Waals surface area contributed by atoms with Crippen molar-refractivity contribution in [1.29, 1.82) is 0 Å². The van der Waals surface area contributed by atoms with E-state index in [-0.39, 0.29) is 5.96 Å². The van der Waals surface area contributed by atoms with Crippen molar-refractivity contribution in [1.82, 2.24) is 4.90 Å². The number of fused-ring (bicyclic) bond motifs is 2. The molecule has 8 nitrogen and oxygen atoms in total. The summed E-state index contributed by atoms with van der Waals surface area (Å²) in [5.41, 5.74) is 16.4. The lowest BCUT2D eigenvalue weighted by atomic mass is 9.94. The van der Waals surface area contributed by atoms with Gasteiger partial charge in [0.05, 0.1) is 6.54 Å². The van der Waals surface area contributed by atoms with Crippen molar-refractivity contribution in [2.45, 2.75) is 19.5 Å². The third kappa shape index (κ3) is 6.06. The highest BCUT2D eigenvalue weighted by molar-refractivity contribution is 5.75. The second-order valence-corrected chi connectivity index (χ2v) is 5.97. The molecule has 1 aliphatic heterocycles. The normalized spacial score (nSPS) is 13.1. The summed E-state index contributed by atoms with van der Waals surface area (Å²) in [6, 6.07) is 17.4. The monoisotopic (exact) mass is 357 g/mol. The molecule has 0 aliphatic carbocycles. The minimum Gasteiger partial charge on any atom is -0.370 e. The second kappa shape index (κ2) is 9.38. The molecule has 26 heavy (non-hydrogen) atoms. The maximum absolute atomic E-state index is 8.36. The third-order valence-corrected chi connectivity index (χ3v) is 4.12. The van der Waals surface area contributed by atoms with Crippen LogP contribution in [0.25, 0.3) is 0 Å². The first kappa shape index (κ1) is 19.2. The van der Waals surface area contributed by atoms with Crippen molar-refractivity contribution in [3.05, 3.63) is 80.9 Å². The van der Waals surface area contributed by atoms with E-state index in [0.717, 1.165) is 26.1 Å². The SMILES string of the molecule is NC(N)=NCCN1Cc2ccccc2Cc2ccccc2C1.O=[N+]([O-])O. The Bertz CT molecular complexity index is 723. The van der Waals surface area contributed by atoms with Crippen molar-refractivity contribution in [3.8, 4) is 0 Å². The molecule has 0 spiro atoms. The van der Waals surface area contributed by atoms with Crippen molar-refractivity contribution in [3.63, 3.8) is 0 Å². The molecular formula is C18H23N5O3. The fourth-order valence-electron chi connectivity index (χ4n) is 2.99. The van der Waals surface area contributed by atoms with E-state index in [0.29, 0.717) is 6.54 Å². The van der Waals surface area contributed by atoms with Crippen molar-refractivity contribution in [2.75, 3.05) is 13.1 Å². The molecular weight excluding hydrogens is 334 g/mol. The minimum atomic E-state index is -1.50. The molecule has 1 aliphatic rings. The van der Waals surface area contributed by atoms with Crippen LogP contribution in [0.4, 0.5) is 0 Å². The minimum absolute atomic E-state index is 0.160. The molecule has 1 heterocycles. The summed E-state index contributed by atoms with van der Waals surface area (Å²) in [5.74, 6) is 0.160. The lowest BCUT2D eigenvalue weighted by Gasteiger charge is -2.27. The van der Waals surface area contributed by atoms with Crippen LogP contribution in [-0.4, -0.2) is 34.2 Å². The molecule has 0 saturated heterocycles. The van der Waals surface area contributed by atoms with Gasteiger partial charge >= 0.3 is 0 Å². The number of benzene rings is 2. The smallest absolute Gasteiger partial charge is 0.291 e. The molecule has 0 saturated carbocycles. The molecule has 0 bridgehead atoms. The average Bonchev–Trinajstić information content (AvgIpc) is 2.55. The van der Waals surface area contributed by atoms with Gasteiger partial charge in [0.1, 0.15) is 0 Å². The van der Waals surface area contributed by atoms with E-state index in [4.69, 9.17) is 26.8 Å². The summed E-state index contributed by atoms with van der Waals surface area (Å²) in [5, 5.41) is 13.6. The van der Waals surface area contributed by atoms with Crippen LogP contribution in [0.2, 0.25) is 0 Å².